The van der Waals surface area contributed by atoms with Crippen LogP contribution in [-0.4, -0.2) is 55.0 Å². The van der Waals surface area contributed by atoms with E-state index in [0.29, 0.717) is 35.8 Å². The number of benzene rings is 2. The van der Waals surface area contributed by atoms with Gasteiger partial charge in [0.1, 0.15) is 5.75 Å². The fraction of sp³-hybridized carbons (Fsp3) is 0.435. The normalized spacial score (nSPS) is 15.5. The highest BCUT2D eigenvalue weighted by molar-refractivity contribution is 8.00. The van der Waals surface area contributed by atoms with Gasteiger partial charge in [-0.3, -0.25) is 9.69 Å². The van der Waals surface area contributed by atoms with Crippen LogP contribution in [0.5, 0.6) is 5.75 Å². The predicted molar refractivity (Wildman–Crippen MR) is 118 cm³/mol. The summed E-state index contributed by atoms with van der Waals surface area (Å²) in [6.07, 6.45) is -3.48. The molecule has 1 saturated heterocycles. The molecule has 0 radical (unpaired) electrons. The van der Waals surface area contributed by atoms with Gasteiger partial charge in [-0.05, 0) is 62.2 Å². The number of amides is 1. The molecule has 0 bridgehead atoms. The third kappa shape index (κ3) is 7.33. The third-order valence-corrected chi connectivity index (χ3v) is 6.25. The minimum Gasteiger partial charge on any atom is -0.494 e. The van der Waals surface area contributed by atoms with E-state index in [1.807, 2.05) is 6.92 Å². The summed E-state index contributed by atoms with van der Waals surface area (Å²) in [5.74, 6) is -1.60. The first-order valence-corrected chi connectivity index (χ1v) is 11.6. The van der Waals surface area contributed by atoms with Gasteiger partial charge in [0, 0.05) is 29.7 Å². The van der Waals surface area contributed by atoms with Gasteiger partial charge in [-0.2, -0.15) is 13.2 Å². The summed E-state index contributed by atoms with van der Waals surface area (Å²) in [4.78, 5) is 16.6. The molecule has 0 N–H and O–H groups in total. The van der Waals surface area contributed by atoms with Gasteiger partial charge in [-0.1, -0.05) is 0 Å². The molecular weight excluding hydrogens is 463 g/mol. The van der Waals surface area contributed by atoms with Crippen LogP contribution in [0.4, 0.5) is 27.6 Å². The quantitative estimate of drug-likeness (QED) is 0.362. The van der Waals surface area contributed by atoms with Crippen molar-refractivity contribution in [3.05, 3.63) is 54.1 Å². The Morgan fingerprint density at radius 2 is 1.76 bits per heavy atom. The number of hydrogen-bond acceptors (Lipinski definition) is 4. The SMILES string of the molecule is CCOc1ccc(N(C(=O)CSc2ccc(F)c(F)c2)C2CCN(CC(F)(F)F)CC2)cc1. The standard InChI is InChI=1S/C23H25F5N2O2S/c1-2-32-18-5-3-16(4-6-18)30(17-9-11-29(12-10-17)15-23(26,27)28)22(31)14-33-19-7-8-20(24)21(25)13-19/h3-8,13,17H,2,9-12,14-15H2,1H3. The van der Waals surface area contributed by atoms with Crippen molar-refractivity contribution in [1.29, 1.82) is 0 Å². The van der Waals surface area contributed by atoms with Crippen LogP contribution in [-0.2, 0) is 4.79 Å². The molecule has 0 aliphatic carbocycles. The fourth-order valence-corrected chi connectivity index (χ4v) is 4.58. The molecule has 2 aromatic rings. The maximum atomic E-state index is 13.5. The summed E-state index contributed by atoms with van der Waals surface area (Å²) in [5.41, 5.74) is 0.614. The molecule has 4 nitrogen and oxygen atoms in total. The van der Waals surface area contributed by atoms with E-state index in [9.17, 15) is 26.7 Å². The minimum absolute atomic E-state index is 0.0267. The van der Waals surface area contributed by atoms with Gasteiger partial charge in [0.15, 0.2) is 11.6 Å². The van der Waals surface area contributed by atoms with E-state index >= 15 is 0 Å². The van der Waals surface area contributed by atoms with Crippen molar-refractivity contribution in [2.24, 2.45) is 0 Å². The molecule has 1 fully saturated rings. The average Bonchev–Trinajstić information content (AvgIpc) is 2.76. The number of anilines is 1. The van der Waals surface area contributed by atoms with Gasteiger partial charge >= 0.3 is 6.18 Å². The lowest BCUT2D eigenvalue weighted by molar-refractivity contribution is -0.148. The van der Waals surface area contributed by atoms with E-state index < -0.39 is 24.4 Å². The lowest BCUT2D eigenvalue weighted by Gasteiger charge is -2.38. The van der Waals surface area contributed by atoms with Crippen LogP contribution in [0.15, 0.2) is 47.4 Å². The van der Waals surface area contributed by atoms with E-state index in [4.69, 9.17) is 4.74 Å². The van der Waals surface area contributed by atoms with E-state index in [1.54, 1.807) is 29.2 Å². The van der Waals surface area contributed by atoms with Crippen molar-refractivity contribution < 1.29 is 31.5 Å². The topological polar surface area (TPSA) is 32.8 Å². The van der Waals surface area contributed by atoms with Crippen LogP contribution >= 0.6 is 11.8 Å². The zero-order valence-corrected chi connectivity index (χ0v) is 18.9. The number of thioether (sulfide) groups is 1. The predicted octanol–water partition coefficient (Wildman–Crippen LogP) is 5.52. The van der Waals surface area contributed by atoms with Gasteiger partial charge in [0.25, 0.3) is 0 Å². The number of carbonyl (C=O) groups is 1. The molecule has 2 aromatic carbocycles. The van der Waals surface area contributed by atoms with Crippen LogP contribution in [0.3, 0.4) is 0 Å². The molecule has 0 atom stereocenters. The van der Waals surface area contributed by atoms with Gasteiger partial charge in [-0.15, -0.1) is 11.8 Å². The molecular formula is C23H25F5N2O2S. The van der Waals surface area contributed by atoms with Gasteiger partial charge < -0.3 is 9.64 Å². The maximum Gasteiger partial charge on any atom is 0.401 e. The first-order valence-electron chi connectivity index (χ1n) is 10.6. The summed E-state index contributed by atoms with van der Waals surface area (Å²) in [5, 5.41) is 0. The van der Waals surface area contributed by atoms with Gasteiger partial charge in [0.05, 0.1) is 18.9 Å². The largest absolute Gasteiger partial charge is 0.494 e. The number of likely N-dealkylation sites (tertiary alicyclic amines) is 1. The number of halogens is 5. The van der Waals surface area contributed by atoms with E-state index in [0.717, 1.165) is 23.9 Å². The molecule has 180 valence electrons. The van der Waals surface area contributed by atoms with Crippen LogP contribution in [0.2, 0.25) is 0 Å². The Balaban J connectivity index is 1.73. The molecule has 1 heterocycles. The van der Waals surface area contributed by atoms with Gasteiger partial charge in [0.2, 0.25) is 5.91 Å². The molecule has 1 aliphatic heterocycles. The van der Waals surface area contributed by atoms with Crippen LogP contribution < -0.4 is 9.64 Å². The van der Waals surface area contributed by atoms with Crippen molar-refractivity contribution in [3.8, 4) is 5.75 Å². The summed E-state index contributed by atoms with van der Waals surface area (Å²) >= 11 is 1.08. The number of hydrogen-bond donors (Lipinski definition) is 0. The highest BCUT2D eigenvalue weighted by atomic mass is 32.2. The molecule has 0 saturated carbocycles. The molecule has 1 amide bonds. The molecule has 3 rings (SSSR count). The highest BCUT2D eigenvalue weighted by Crippen LogP contribution is 2.29. The van der Waals surface area contributed by atoms with E-state index in [1.165, 1.54) is 11.0 Å². The smallest absolute Gasteiger partial charge is 0.401 e. The highest BCUT2D eigenvalue weighted by Gasteiger charge is 2.35. The first-order chi connectivity index (χ1) is 15.7. The molecule has 1 aliphatic rings. The first kappa shape index (κ1) is 25.3. The lowest BCUT2D eigenvalue weighted by atomic mass is 10.0. The Morgan fingerprint density at radius 3 is 2.33 bits per heavy atom. The number of ether oxygens (including phenoxy) is 1. The van der Waals surface area contributed by atoms with Crippen molar-refractivity contribution in [2.75, 3.05) is 36.9 Å². The third-order valence-electron chi connectivity index (χ3n) is 5.27. The van der Waals surface area contributed by atoms with Crippen LogP contribution in [0, 0.1) is 11.6 Å². The van der Waals surface area contributed by atoms with Crippen LogP contribution in [0.25, 0.3) is 0 Å². The van der Waals surface area contributed by atoms with Gasteiger partial charge in [-0.25, -0.2) is 8.78 Å². The summed E-state index contributed by atoms with van der Waals surface area (Å²) in [7, 11) is 0. The van der Waals surface area contributed by atoms with Crippen molar-refractivity contribution in [2.45, 2.75) is 36.9 Å². The second-order valence-electron chi connectivity index (χ2n) is 7.68. The zero-order chi connectivity index (χ0) is 24.0. The van der Waals surface area contributed by atoms with Crippen molar-refractivity contribution >= 4 is 23.4 Å². The van der Waals surface area contributed by atoms with Crippen LogP contribution in [0.1, 0.15) is 19.8 Å². The Morgan fingerprint density at radius 1 is 1.09 bits per heavy atom. The average molecular weight is 489 g/mol. The van der Waals surface area contributed by atoms with Crippen molar-refractivity contribution in [1.82, 2.24) is 4.90 Å². The minimum atomic E-state index is -4.27. The number of piperidine rings is 1. The second kappa shape index (κ2) is 11.2. The number of nitrogens with zero attached hydrogens (tertiary/aromatic N) is 2. The Hall–Kier alpha value is -2.33. The number of rotatable bonds is 8. The Labute approximate surface area is 193 Å². The Bertz CT molecular complexity index is 931. The monoisotopic (exact) mass is 488 g/mol. The van der Waals surface area contributed by atoms with E-state index in [-0.39, 0.29) is 30.8 Å². The number of alkyl halides is 3. The Kier molecular flexibility index (Phi) is 8.58. The molecule has 0 spiro atoms. The molecule has 0 aromatic heterocycles. The maximum absolute atomic E-state index is 13.5. The van der Waals surface area contributed by atoms with E-state index in [2.05, 4.69) is 0 Å². The second-order valence-corrected chi connectivity index (χ2v) is 8.73. The molecule has 33 heavy (non-hydrogen) atoms. The summed E-state index contributed by atoms with van der Waals surface area (Å²) in [6, 6.07) is 10.1. The van der Waals surface area contributed by atoms with Crippen molar-refractivity contribution in [3.63, 3.8) is 0 Å². The lowest BCUT2D eigenvalue weighted by Crippen LogP contribution is -2.49. The zero-order valence-electron chi connectivity index (χ0n) is 18.1. The summed E-state index contributed by atoms with van der Waals surface area (Å²) < 4.78 is 70.3. The summed E-state index contributed by atoms with van der Waals surface area (Å²) in [6.45, 7) is 1.82. The molecule has 0 unspecified atom stereocenters. The fourth-order valence-electron chi connectivity index (χ4n) is 3.80. The number of carbonyl (C=O) groups excluding carboxylic acids is 1. The molecule has 10 heteroatoms.